The second kappa shape index (κ2) is 8.69. The van der Waals surface area contributed by atoms with Gasteiger partial charge in [-0.15, -0.1) is 0 Å². The van der Waals surface area contributed by atoms with E-state index in [0.717, 1.165) is 0 Å². The Morgan fingerprint density at radius 3 is 2.77 bits per heavy atom. The number of rotatable bonds is 8. The summed E-state index contributed by atoms with van der Waals surface area (Å²) in [7, 11) is -2.80. The highest BCUT2D eigenvalue weighted by atomic mass is 35.5. The quantitative estimate of drug-likeness (QED) is 0.578. The summed E-state index contributed by atoms with van der Waals surface area (Å²) in [5.74, 6) is -0.237. The fourth-order valence-corrected chi connectivity index (χ4v) is 3.53. The summed E-state index contributed by atoms with van der Waals surface area (Å²) >= 11 is 11.8. The summed E-state index contributed by atoms with van der Waals surface area (Å²) < 4.78 is 37.6. The molecule has 0 saturated carbocycles. The van der Waals surface area contributed by atoms with Crippen molar-refractivity contribution in [3.05, 3.63) is 34.4 Å². The van der Waals surface area contributed by atoms with Gasteiger partial charge in [-0.3, -0.25) is 4.72 Å². The highest BCUT2D eigenvalue weighted by Gasteiger charge is 2.23. The molecule has 0 unspecified atom stereocenters. The molecule has 2 rings (SSSR count). The molecule has 2 aromatic rings. The van der Waals surface area contributed by atoms with Gasteiger partial charge in [0.1, 0.15) is 11.5 Å². The minimum absolute atomic E-state index is 0.00245. The van der Waals surface area contributed by atoms with Crippen molar-refractivity contribution < 1.29 is 23.0 Å². The van der Waals surface area contributed by atoms with Gasteiger partial charge in [0, 0.05) is 0 Å². The van der Waals surface area contributed by atoms with E-state index in [1.807, 2.05) is 0 Å². The Hall–Kier alpha value is -1.85. The van der Waals surface area contributed by atoms with Gasteiger partial charge in [0.25, 0.3) is 15.9 Å². The first-order chi connectivity index (χ1) is 12.3. The normalized spacial score (nSPS) is 12.5. The average molecular weight is 423 g/mol. The van der Waals surface area contributed by atoms with E-state index in [1.165, 1.54) is 31.5 Å². The van der Waals surface area contributed by atoms with Crippen LogP contribution in [-0.2, 0) is 10.0 Å². The highest BCUT2D eigenvalue weighted by molar-refractivity contribution is 7.92. The Labute approximate surface area is 160 Å². The Balaban J connectivity index is 2.27. The average Bonchev–Trinajstić information content (AvgIpc) is 2.62. The topological polar surface area (TPSA) is 137 Å². The van der Waals surface area contributed by atoms with Crippen molar-refractivity contribution in [2.45, 2.75) is 10.9 Å². The summed E-state index contributed by atoms with van der Waals surface area (Å²) in [5.41, 5.74) is 5.53. The third kappa shape index (κ3) is 4.86. The number of halogens is 2. The largest absolute Gasteiger partial charge is 0.478 e. The summed E-state index contributed by atoms with van der Waals surface area (Å²) in [5, 5.41) is 8.85. The van der Waals surface area contributed by atoms with E-state index in [0.29, 0.717) is 0 Å². The van der Waals surface area contributed by atoms with Crippen molar-refractivity contribution in [2.24, 2.45) is 5.73 Å². The van der Waals surface area contributed by atoms with Crippen molar-refractivity contribution in [1.82, 2.24) is 9.97 Å². The van der Waals surface area contributed by atoms with E-state index < -0.39 is 16.1 Å². The SMILES string of the molecule is COc1nc(OC[C@@H](N)CO)cnc1NS(=O)(=O)c1cccc(Cl)c1Cl. The van der Waals surface area contributed by atoms with Gasteiger partial charge >= 0.3 is 0 Å². The molecule has 0 aliphatic heterocycles. The van der Waals surface area contributed by atoms with Gasteiger partial charge in [0.2, 0.25) is 11.7 Å². The Morgan fingerprint density at radius 1 is 1.38 bits per heavy atom. The van der Waals surface area contributed by atoms with Crippen molar-refractivity contribution in [1.29, 1.82) is 0 Å². The molecule has 26 heavy (non-hydrogen) atoms. The molecule has 0 fully saturated rings. The number of sulfonamides is 1. The molecule has 0 spiro atoms. The lowest BCUT2D eigenvalue weighted by Crippen LogP contribution is -2.31. The van der Waals surface area contributed by atoms with Crippen molar-refractivity contribution in [3.8, 4) is 11.8 Å². The van der Waals surface area contributed by atoms with E-state index in [2.05, 4.69) is 14.7 Å². The van der Waals surface area contributed by atoms with Gasteiger partial charge in [-0.25, -0.2) is 13.4 Å². The molecular weight excluding hydrogens is 407 g/mol. The van der Waals surface area contributed by atoms with Crippen LogP contribution in [0.4, 0.5) is 5.82 Å². The zero-order valence-electron chi connectivity index (χ0n) is 13.5. The summed E-state index contributed by atoms with van der Waals surface area (Å²) in [6.45, 7) is -0.264. The standard InChI is InChI=1S/C14H16Cl2N4O5S/c1-24-14-13(18-5-11(19-14)25-7-8(17)6-21)20-26(22,23)10-4-2-3-9(15)12(10)16/h2-5,8,21H,6-7,17H2,1H3,(H,18,20)/t8-/m0/s1. The number of benzene rings is 1. The first-order valence-electron chi connectivity index (χ1n) is 7.15. The van der Waals surface area contributed by atoms with Crippen LogP contribution in [0.2, 0.25) is 10.0 Å². The molecule has 0 amide bonds. The molecule has 4 N–H and O–H groups in total. The van der Waals surface area contributed by atoms with Gasteiger partial charge < -0.3 is 20.3 Å². The number of aromatic nitrogens is 2. The van der Waals surface area contributed by atoms with Crippen LogP contribution in [0, 0.1) is 0 Å². The van der Waals surface area contributed by atoms with Crippen LogP contribution in [0.1, 0.15) is 0 Å². The fourth-order valence-electron chi connectivity index (χ4n) is 1.76. The lowest BCUT2D eigenvalue weighted by molar-refractivity contribution is 0.201. The molecule has 142 valence electrons. The van der Waals surface area contributed by atoms with Crippen LogP contribution in [0.3, 0.4) is 0 Å². The third-order valence-electron chi connectivity index (χ3n) is 3.03. The molecule has 9 nitrogen and oxygen atoms in total. The number of aliphatic hydroxyl groups is 1. The summed E-state index contributed by atoms with van der Waals surface area (Å²) in [6.07, 6.45) is 1.18. The van der Waals surface area contributed by atoms with Crippen molar-refractivity contribution in [2.75, 3.05) is 25.0 Å². The maximum atomic E-state index is 12.5. The maximum Gasteiger partial charge on any atom is 0.264 e. The minimum atomic E-state index is -4.08. The van der Waals surface area contributed by atoms with Gasteiger partial charge in [0.15, 0.2) is 0 Å². The Morgan fingerprint density at radius 2 is 2.12 bits per heavy atom. The van der Waals surface area contributed by atoms with E-state index in [4.69, 9.17) is 43.5 Å². The molecule has 1 heterocycles. The van der Waals surface area contributed by atoms with Crippen LogP contribution in [0.15, 0.2) is 29.3 Å². The second-order valence-electron chi connectivity index (χ2n) is 4.98. The predicted octanol–water partition coefficient (Wildman–Crippen LogP) is 1.29. The number of nitrogens with zero attached hydrogens (tertiary/aromatic N) is 2. The molecule has 0 radical (unpaired) electrons. The van der Waals surface area contributed by atoms with E-state index in [-0.39, 0.29) is 45.7 Å². The Kier molecular flexibility index (Phi) is 6.84. The predicted molar refractivity (Wildman–Crippen MR) is 96.4 cm³/mol. The molecule has 1 atom stereocenters. The zero-order chi connectivity index (χ0) is 19.3. The molecule has 1 aromatic heterocycles. The first-order valence-corrected chi connectivity index (χ1v) is 9.39. The number of nitrogens with one attached hydrogen (secondary N) is 1. The molecule has 1 aromatic carbocycles. The second-order valence-corrected chi connectivity index (χ2v) is 7.41. The Bertz CT molecular complexity index is 882. The highest BCUT2D eigenvalue weighted by Crippen LogP contribution is 2.31. The van der Waals surface area contributed by atoms with E-state index in [9.17, 15) is 8.42 Å². The van der Waals surface area contributed by atoms with E-state index in [1.54, 1.807) is 0 Å². The molecule has 0 saturated heterocycles. The lowest BCUT2D eigenvalue weighted by atomic mass is 10.4. The fraction of sp³-hybridized carbons (Fsp3) is 0.286. The van der Waals surface area contributed by atoms with Crippen LogP contribution in [0.5, 0.6) is 11.8 Å². The van der Waals surface area contributed by atoms with Crippen LogP contribution < -0.4 is 19.9 Å². The lowest BCUT2D eigenvalue weighted by Gasteiger charge is -2.13. The van der Waals surface area contributed by atoms with Crippen LogP contribution >= 0.6 is 23.2 Å². The molecule has 0 aliphatic rings. The van der Waals surface area contributed by atoms with Gasteiger partial charge in [-0.05, 0) is 12.1 Å². The number of hydrogen-bond acceptors (Lipinski definition) is 8. The zero-order valence-corrected chi connectivity index (χ0v) is 15.8. The number of anilines is 1. The smallest absolute Gasteiger partial charge is 0.264 e. The van der Waals surface area contributed by atoms with Crippen molar-refractivity contribution >= 4 is 39.0 Å². The van der Waals surface area contributed by atoms with E-state index >= 15 is 0 Å². The van der Waals surface area contributed by atoms with Crippen molar-refractivity contribution in [3.63, 3.8) is 0 Å². The maximum absolute atomic E-state index is 12.5. The van der Waals surface area contributed by atoms with Crippen LogP contribution in [-0.4, -0.2) is 49.9 Å². The molecule has 12 heteroatoms. The number of methoxy groups -OCH3 is 1. The number of hydrogen-bond donors (Lipinski definition) is 3. The molecule has 0 bridgehead atoms. The monoisotopic (exact) mass is 422 g/mol. The third-order valence-corrected chi connectivity index (χ3v) is 5.34. The summed E-state index contributed by atoms with van der Waals surface area (Å²) in [4.78, 5) is 7.70. The first kappa shape index (κ1) is 20.5. The molecule has 0 aliphatic carbocycles. The van der Waals surface area contributed by atoms with Crippen LogP contribution in [0.25, 0.3) is 0 Å². The summed E-state index contributed by atoms with van der Waals surface area (Å²) in [6, 6.07) is 3.62. The minimum Gasteiger partial charge on any atom is -0.478 e. The van der Waals surface area contributed by atoms with Gasteiger partial charge in [-0.1, -0.05) is 29.3 Å². The number of aliphatic hydroxyl groups excluding tert-OH is 1. The molecular formula is C14H16Cl2N4O5S. The van der Waals surface area contributed by atoms with Gasteiger partial charge in [-0.2, -0.15) is 4.98 Å². The number of nitrogens with two attached hydrogens (primary N) is 1. The van der Waals surface area contributed by atoms with Gasteiger partial charge in [0.05, 0.1) is 36.0 Å². The number of ether oxygens (including phenoxy) is 2.